The zero-order valence-corrected chi connectivity index (χ0v) is 16.8. The molecule has 0 saturated carbocycles. The molecule has 0 aliphatic rings. The number of rotatable bonds is 16. The van der Waals surface area contributed by atoms with Crippen molar-refractivity contribution < 1.29 is 28.7 Å². The summed E-state index contributed by atoms with van der Waals surface area (Å²) in [6.07, 6.45) is 2.75. The Labute approximate surface area is 165 Å². The van der Waals surface area contributed by atoms with Crippen LogP contribution in [0.2, 0.25) is 0 Å². The molecule has 1 unspecified atom stereocenters. The molecule has 9 heteroatoms. The molecular formula is C19H31N3O6. The Morgan fingerprint density at radius 2 is 1.75 bits per heavy atom. The molecule has 0 aromatic rings. The van der Waals surface area contributed by atoms with Crippen LogP contribution in [0.25, 0.3) is 0 Å². The van der Waals surface area contributed by atoms with Gasteiger partial charge in [-0.1, -0.05) is 20.4 Å². The summed E-state index contributed by atoms with van der Waals surface area (Å²) in [6, 6.07) is -0.316. The monoisotopic (exact) mass is 397 g/mol. The lowest BCUT2D eigenvalue weighted by molar-refractivity contribution is -0.127. The Bertz CT molecular complexity index is 560. The molecule has 3 N–H and O–H groups in total. The van der Waals surface area contributed by atoms with Gasteiger partial charge in [0.2, 0.25) is 11.8 Å². The minimum absolute atomic E-state index is 0.0182. The Morgan fingerprint density at radius 1 is 1.07 bits per heavy atom. The van der Waals surface area contributed by atoms with Gasteiger partial charge >= 0.3 is 0 Å². The number of amides is 2. The van der Waals surface area contributed by atoms with E-state index in [1.54, 1.807) is 0 Å². The average Bonchev–Trinajstić information content (AvgIpc) is 2.64. The van der Waals surface area contributed by atoms with Crippen molar-refractivity contribution in [2.24, 2.45) is 5.92 Å². The molecule has 0 spiro atoms. The van der Waals surface area contributed by atoms with Gasteiger partial charge in [0.1, 0.15) is 18.7 Å². The summed E-state index contributed by atoms with van der Waals surface area (Å²) in [4.78, 5) is 44.3. The normalized spacial score (nSPS) is 11.9. The number of nitrogens with one attached hydrogen (secondary N) is 3. The Hall–Kier alpha value is -2.52. The molecule has 2 amide bonds. The van der Waals surface area contributed by atoms with E-state index in [2.05, 4.69) is 22.5 Å². The largest absolute Gasteiger partial charge is 0.380 e. The van der Waals surface area contributed by atoms with Gasteiger partial charge in [-0.15, -0.1) is 0 Å². The molecule has 0 rings (SSSR count). The van der Waals surface area contributed by atoms with Crippen molar-refractivity contribution in [2.45, 2.75) is 26.8 Å². The summed E-state index contributed by atoms with van der Waals surface area (Å²) in [5, 5.41) is 8.27. The summed E-state index contributed by atoms with van der Waals surface area (Å²) in [6.45, 7) is 10.3. The second kappa shape index (κ2) is 15.5. The highest BCUT2D eigenvalue weighted by atomic mass is 16.5. The number of carbonyl (C=O) groups excluding carboxylic acids is 4. The first-order chi connectivity index (χ1) is 13.3. The molecule has 28 heavy (non-hydrogen) atoms. The highest BCUT2D eigenvalue weighted by Crippen LogP contribution is 2.08. The zero-order chi connectivity index (χ0) is 21.4. The minimum Gasteiger partial charge on any atom is -0.380 e. The second-order valence-corrected chi connectivity index (χ2v) is 6.32. The average molecular weight is 397 g/mol. The lowest BCUT2D eigenvalue weighted by Crippen LogP contribution is -2.45. The zero-order valence-electron chi connectivity index (χ0n) is 16.8. The molecule has 0 aromatic carbocycles. The maximum absolute atomic E-state index is 12.0. The fourth-order valence-corrected chi connectivity index (χ4v) is 2.04. The third kappa shape index (κ3) is 13.7. The Morgan fingerprint density at radius 3 is 2.36 bits per heavy atom. The molecule has 0 radical (unpaired) electrons. The molecule has 0 saturated heterocycles. The van der Waals surface area contributed by atoms with Gasteiger partial charge in [-0.05, 0) is 18.9 Å². The molecule has 0 fully saturated rings. The first kappa shape index (κ1) is 25.5. The van der Waals surface area contributed by atoms with Crippen LogP contribution >= 0.6 is 0 Å². The second-order valence-electron chi connectivity index (χ2n) is 6.32. The molecule has 0 aliphatic carbocycles. The third-order valence-electron chi connectivity index (χ3n) is 3.40. The number of ether oxygens (including phenoxy) is 2. The first-order valence-corrected chi connectivity index (χ1v) is 9.04. The van der Waals surface area contributed by atoms with E-state index in [1.807, 2.05) is 13.8 Å². The van der Waals surface area contributed by atoms with Crippen molar-refractivity contribution >= 4 is 23.9 Å². The molecule has 9 nitrogen and oxygen atoms in total. The van der Waals surface area contributed by atoms with Gasteiger partial charge in [0.05, 0.1) is 32.4 Å². The van der Waals surface area contributed by atoms with Gasteiger partial charge in [0, 0.05) is 18.3 Å². The number of allylic oxidation sites excluding steroid dienone is 1. The summed E-state index contributed by atoms with van der Waals surface area (Å²) in [7, 11) is 0. The van der Waals surface area contributed by atoms with Gasteiger partial charge in [0.25, 0.3) is 0 Å². The van der Waals surface area contributed by atoms with Crippen molar-refractivity contribution in [3.05, 3.63) is 24.4 Å². The van der Waals surface area contributed by atoms with Crippen LogP contribution in [-0.4, -0.2) is 69.4 Å². The highest BCUT2D eigenvalue weighted by Gasteiger charge is 2.19. The topological polar surface area (TPSA) is 123 Å². The Kier molecular flexibility index (Phi) is 14.1. The fraction of sp³-hybridized carbons (Fsp3) is 0.579. The summed E-state index contributed by atoms with van der Waals surface area (Å²) in [5.41, 5.74) is 0.576. The molecule has 0 aromatic heterocycles. The number of Topliss-reactive ketones (excluding diaryl/α,β-unsaturated/α-hetero) is 1. The smallest absolute Gasteiger partial charge is 0.246 e. The number of hydrogen-bond donors (Lipinski definition) is 3. The van der Waals surface area contributed by atoms with Crippen molar-refractivity contribution in [3.8, 4) is 0 Å². The van der Waals surface area contributed by atoms with Gasteiger partial charge < -0.3 is 25.4 Å². The van der Waals surface area contributed by atoms with Crippen molar-refractivity contribution in [3.63, 3.8) is 0 Å². The van der Waals surface area contributed by atoms with Gasteiger partial charge in [-0.25, -0.2) is 0 Å². The van der Waals surface area contributed by atoms with Crippen molar-refractivity contribution in [1.29, 1.82) is 0 Å². The standard InChI is InChI=1S/C19H31N3O6/c1-14(2)19(16(4)21-12-15(3)24)22-18(26)13-28-11-10-27-9-7-20-17(25)6-5-8-23/h5-6,8,14,19,21H,4,7,9-13H2,1-3H3,(H,20,25)(H,22,26)/b6-5-. The quantitative estimate of drug-likeness (QED) is 0.186. The molecular weight excluding hydrogens is 366 g/mol. The first-order valence-electron chi connectivity index (χ1n) is 9.04. The van der Waals surface area contributed by atoms with Crippen LogP contribution in [0, 0.1) is 5.92 Å². The van der Waals surface area contributed by atoms with Crippen LogP contribution in [0.3, 0.4) is 0 Å². The van der Waals surface area contributed by atoms with Crippen LogP contribution in [0.5, 0.6) is 0 Å². The number of hydrogen-bond acceptors (Lipinski definition) is 7. The fourth-order valence-electron chi connectivity index (χ4n) is 2.04. The number of carbonyl (C=O) groups is 4. The predicted octanol–water partition coefficient (Wildman–Crippen LogP) is -0.276. The van der Waals surface area contributed by atoms with E-state index in [0.717, 1.165) is 12.2 Å². The molecule has 1 atom stereocenters. The maximum Gasteiger partial charge on any atom is 0.246 e. The van der Waals surface area contributed by atoms with Gasteiger partial charge in [-0.3, -0.25) is 19.2 Å². The van der Waals surface area contributed by atoms with Crippen molar-refractivity contribution in [1.82, 2.24) is 16.0 Å². The van der Waals surface area contributed by atoms with E-state index in [4.69, 9.17) is 9.47 Å². The third-order valence-corrected chi connectivity index (χ3v) is 3.40. The van der Waals surface area contributed by atoms with E-state index < -0.39 is 0 Å². The maximum atomic E-state index is 12.0. The predicted molar refractivity (Wildman–Crippen MR) is 104 cm³/mol. The van der Waals surface area contributed by atoms with E-state index in [9.17, 15) is 19.2 Å². The van der Waals surface area contributed by atoms with Gasteiger partial charge in [0.15, 0.2) is 0 Å². The van der Waals surface area contributed by atoms with Crippen LogP contribution in [0.15, 0.2) is 24.4 Å². The van der Waals surface area contributed by atoms with E-state index in [-0.39, 0.29) is 62.5 Å². The van der Waals surface area contributed by atoms with Gasteiger partial charge in [-0.2, -0.15) is 0 Å². The SMILES string of the molecule is C=C(NCC(C)=O)C(NC(=O)COCCOCCNC(=O)/C=C\C=O)C(C)C. The van der Waals surface area contributed by atoms with Crippen LogP contribution in [0.1, 0.15) is 20.8 Å². The summed E-state index contributed by atoms with van der Waals surface area (Å²) >= 11 is 0. The minimum atomic E-state index is -0.372. The molecule has 158 valence electrons. The lowest BCUT2D eigenvalue weighted by Gasteiger charge is -2.25. The van der Waals surface area contributed by atoms with Crippen LogP contribution in [0.4, 0.5) is 0 Å². The van der Waals surface area contributed by atoms with E-state index in [1.165, 1.54) is 6.92 Å². The van der Waals surface area contributed by atoms with E-state index >= 15 is 0 Å². The number of ketones is 1. The Balaban J connectivity index is 3.91. The van der Waals surface area contributed by atoms with Crippen molar-refractivity contribution in [2.75, 3.05) is 39.5 Å². The van der Waals surface area contributed by atoms with Crippen LogP contribution in [-0.2, 0) is 28.7 Å². The lowest BCUT2D eigenvalue weighted by atomic mass is 10.0. The molecule has 0 aliphatic heterocycles. The highest BCUT2D eigenvalue weighted by molar-refractivity contribution is 5.90. The number of aldehydes is 1. The molecule has 0 heterocycles. The van der Waals surface area contributed by atoms with E-state index in [0.29, 0.717) is 18.5 Å². The summed E-state index contributed by atoms with van der Waals surface area (Å²) < 4.78 is 10.5. The van der Waals surface area contributed by atoms with Crippen LogP contribution < -0.4 is 16.0 Å². The molecule has 0 bridgehead atoms. The summed E-state index contributed by atoms with van der Waals surface area (Å²) in [5.74, 6) is -0.590.